The predicted molar refractivity (Wildman–Crippen MR) is 96.4 cm³/mol. The highest BCUT2D eigenvalue weighted by Crippen LogP contribution is 2.45. The van der Waals surface area contributed by atoms with Gasteiger partial charge >= 0.3 is 0 Å². The first-order valence-corrected chi connectivity index (χ1v) is 9.92. The molecule has 2 heteroatoms. The third kappa shape index (κ3) is 4.07. The van der Waals surface area contributed by atoms with Gasteiger partial charge in [-0.05, 0) is 99.2 Å². The second-order valence-electron chi connectivity index (χ2n) is 8.05. The van der Waals surface area contributed by atoms with Crippen LogP contribution in [0.25, 0.3) is 0 Å². The minimum atomic E-state index is -0.134. The SMILES string of the molecule is CCC(C=O)C1CCC(C2CCC(c3ccc(F)cc3)CC2)CC1. The Hall–Kier alpha value is -1.18. The molecule has 0 N–H and O–H groups in total. The third-order valence-electron chi connectivity index (χ3n) is 6.85. The molecule has 0 amide bonds. The van der Waals surface area contributed by atoms with Crippen molar-refractivity contribution in [3.63, 3.8) is 0 Å². The molecule has 0 saturated heterocycles. The molecule has 1 nitrogen and oxygen atoms in total. The molecule has 1 aromatic rings. The standard InChI is InChI=1S/C22H31FO/c1-2-16(15-24)17-3-5-18(6-4-17)19-7-9-20(10-8-19)21-11-13-22(23)14-12-21/h11-20H,2-10H2,1H3. The number of hydrogen-bond donors (Lipinski definition) is 0. The van der Waals surface area contributed by atoms with E-state index in [1.807, 2.05) is 12.1 Å². The summed E-state index contributed by atoms with van der Waals surface area (Å²) in [5.41, 5.74) is 1.32. The number of aldehydes is 1. The molecule has 0 aromatic heterocycles. The molecule has 2 fully saturated rings. The van der Waals surface area contributed by atoms with E-state index >= 15 is 0 Å². The monoisotopic (exact) mass is 330 g/mol. The lowest BCUT2D eigenvalue weighted by atomic mass is 9.66. The maximum absolute atomic E-state index is 13.1. The molecular formula is C22H31FO. The summed E-state index contributed by atoms with van der Waals surface area (Å²) in [6.07, 6.45) is 12.5. The zero-order chi connectivity index (χ0) is 16.9. The van der Waals surface area contributed by atoms with Crippen molar-refractivity contribution in [1.82, 2.24) is 0 Å². The number of rotatable bonds is 5. The molecule has 1 atom stereocenters. The van der Waals surface area contributed by atoms with E-state index in [1.165, 1.54) is 63.2 Å². The van der Waals surface area contributed by atoms with Crippen LogP contribution >= 0.6 is 0 Å². The lowest BCUT2D eigenvalue weighted by Gasteiger charge is -2.39. The zero-order valence-corrected chi connectivity index (χ0v) is 14.9. The van der Waals surface area contributed by atoms with Gasteiger partial charge in [0.1, 0.15) is 12.1 Å². The molecule has 0 spiro atoms. The summed E-state index contributed by atoms with van der Waals surface area (Å²) in [4.78, 5) is 11.2. The van der Waals surface area contributed by atoms with Crippen molar-refractivity contribution < 1.29 is 9.18 Å². The van der Waals surface area contributed by atoms with Crippen LogP contribution in [-0.4, -0.2) is 6.29 Å². The highest BCUT2D eigenvalue weighted by atomic mass is 19.1. The molecular weight excluding hydrogens is 299 g/mol. The minimum absolute atomic E-state index is 0.134. The van der Waals surface area contributed by atoms with Crippen LogP contribution in [0, 0.1) is 29.5 Å². The predicted octanol–water partition coefficient (Wildman–Crippen LogP) is 6.13. The van der Waals surface area contributed by atoms with E-state index in [-0.39, 0.29) is 5.82 Å². The fraction of sp³-hybridized carbons (Fsp3) is 0.682. The Bertz CT molecular complexity index is 507. The average molecular weight is 330 g/mol. The largest absolute Gasteiger partial charge is 0.303 e. The van der Waals surface area contributed by atoms with Crippen molar-refractivity contribution in [3.8, 4) is 0 Å². The zero-order valence-electron chi connectivity index (χ0n) is 14.9. The summed E-state index contributed by atoms with van der Waals surface area (Å²) in [7, 11) is 0. The quantitative estimate of drug-likeness (QED) is 0.593. The van der Waals surface area contributed by atoms with E-state index in [0.29, 0.717) is 17.8 Å². The van der Waals surface area contributed by atoms with Gasteiger partial charge in [0.25, 0.3) is 0 Å². The molecule has 3 rings (SSSR count). The van der Waals surface area contributed by atoms with Crippen LogP contribution in [0.3, 0.4) is 0 Å². The first kappa shape index (κ1) is 17.6. The topological polar surface area (TPSA) is 17.1 Å². The highest BCUT2D eigenvalue weighted by Gasteiger charge is 2.33. The van der Waals surface area contributed by atoms with Crippen LogP contribution in [0.2, 0.25) is 0 Å². The van der Waals surface area contributed by atoms with E-state index in [9.17, 15) is 9.18 Å². The Morgan fingerprint density at radius 3 is 2.00 bits per heavy atom. The van der Waals surface area contributed by atoms with Crippen molar-refractivity contribution >= 4 is 6.29 Å². The van der Waals surface area contributed by atoms with Gasteiger partial charge in [-0.25, -0.2) is 4.39 Å². The Morgan fingerprint density at radius 2 is 1.50 bits per heavy atom. The molecule has 0 heterocycles. The fourth-order valence-corrected chi connectivity index (χ4v) is 5.24. The maximum atomic E-state index is 13.1. The van der Waals surface area contributed by atoms with Crippen molar-refractivity contribution in [1.29, 1.82) is 0 Å². The fourth-order valence-electron chi connectivity index (χ4n) is 5.24. The van der Waals surface area contributed by atoms with Gasteiger partial charge in [-0.1, -0.05) is 19.1 Å². The molecule has 0 radical (unpaired) electrons. The van der Waals surface area contributed by atoms with Crippen LogP contribution in [0.5, 0.6) is 0 Å². The van der Waals surface area contributed by atoms with Gasteiger partial charge in [-0.2, -0.15) is 0 Å². The summed E-state index contributed by atoms with van der Waals surface area (Å²) in [6, 6.07) is 7.13. The third-order valence-corrected chi connectivity index (χ3v) is 6.85. The molecule has 1 aromatic carbocycles. The second kappa shape index (κ2) is 8.27. The molecule has 1 unspecified atom stereocenters. The first-order chi connectivity index (χ1) is 11.7. The summed E-state index contributed by atoms with van der Waals surface area (Å²) >= 11 is 0. The molecule has 132 valence electrons. The highest BCUT2D eigenvalue weighted by molar-refractivity contribution is 5.53. The number of hydrogen-bond acceptors (Lipinski definition) is 1. The first-order valence-electron chi connectivity index (χ1n) is 9.92. The van der Waals surface area contributed by atoms with Crippen molar-refractivity contribution in [2.24, 2.45) is 23.7 Å². The van der Waals surface area contributed by atoms with Crippen LogP contribution < -0.4 is 0 Å². The van der Waals surface area contributed by atoms with Crippen LogP contribution in [0.15, 0.2) is 24.3 Å². The maximum Gasteiger partial charge on any atom is 0.123 e. The Labute approximate surface area is 146 Å². The van der Waals surface area contributed by atoms with Crippen molar-refractivity contribution in [2.45, 2.75) is 70.6 Å². The van der Waals surface area contributed by atoms with Crippen LogP contribution in [0.4, 0.5) is 4.39 Å². The number of carbonyl (C=O) groups is 1. The lowest BCUT2D eigenvalue weighted by Crippen LogP contribution is -2.28. The molecule has 2 aliphatic carbocycles. The van der Waals surface area contributed by atoms with E-state index in [2.05, 4.69) is 6.92 Å². The van der Waals surface area contributed by atoms with Crippen molar-refractivity contribution in [2.75, 3.05) is 0 Å². The van der Waals surface area contributed by atoms with Gasteiger partial charge in [-0.15, -0.1) is 0 Å². The second-order valence-corrected chi connectivity index (χ2v) is 8.05. The Balaban J connectivity index is 1.47. The summed E-state index contributed by atoms with van der Waals surface area (Å²) in [6.45, 7) is 2.14. The van der Waals surface area contributed by atoms with Gasteiger partial charge in [0, 0.05) is 5.92 Å². The van der Waals surface area contributed by atoms with Crippen LogP contribution in [-0.2, 0) is 4.79 Å². The molecule has 24 heavy (non-hydrogen) atoms. The molecule has 2 aliphatic rings. The Morgan fingerprint density at radius 1 is 0.958 bits per heavy atom. The summed E-state index contributed by atoms with van der Waals surface area (Å²) < 4.78 is 13.1. The number of benzene rings is 1. The normalized spacial score (nSPS) is 32.2. The van der Waals surface area contributed by atoms with E-state index in [4.69, 9.17) is 0 Å². The lowest BCUT2D eigenvalue weighted by molar-refractivity contribution is -0.113. The van der Waals surface area contributed by atoms with Crippen molar-refractivity contribution in [3.05, 3.63) is 35.6 Å². The molecule has 0 bridgehead atoms. The van der Waals surface area contributed by atoms with E-state index in [0.717, 1.165) is 18.3 Å². The number of halogens is 1. The smallest absolute Gasteiger partial charge is 0.123 e. The average Bonchev–Trinajstić information content (AvgIpc) is 2.64. The van der Waals surface area contributed by atoms with Gasteiger partial charge in [-0.3, -0.25) is 0 Å². The van der Waals surface area contributed by atoms with E-state index < -0.39 is 0 Å². The van der Waals surface area contributed by atoms with Gasteiger partial charge in [0.15, 0.2) is 0 Å². The Kier molecular flexibility index (Phi) is 6.08. The van der Waals surface area contributed by atoms with Gasteiger partial charge in [0.2, 0.25) is 0 Å². The molecule has 0 aliphatic heterocycles. The molecule has 2 saturated carbocycles. The van der Waals surface area contributed by atoms with Gasteiger partial charge in [0.05, 0.1) is 0 Å². The number of carbonyl (C=O) groups excluding carboxylic acids is 1. The van der Waals surface area contributed by atoms with Gasteiger partial charge < -0.3 is 4.79 Å². The van der Waals surface area contributed by atoms with Crippen LogP contribution in [0.1, 0.15) is 76.2 Å². The van der Waals surface area contributed by atoms with E-state index in [1.54, 1.807) is 12.1 Å². The summed E-state index contributed by atoms with van der Waals surface area (Å²) in [5, 5.41) is 0. The summed E-state index contributed by atoms with van der Waals surface area (Å²) in [5.74, 6) is 3.17. The minimum Gasteiger partial charge on any atom is -0.303 e.